The smallest absolute Gasteiger partial charge is 0.332 e. The first kappa shape index (κ1) is 14.3. The lowest BCUT2D eigenvalue weighted by molar-refractivity contribution is 0.607. The fourth-order valence-electron chi connectivity index (χ4n) is 2.13. The number of hydrogen-bond donors (Lipinski definition) is 1. The van der Waals surface area contributed by atoms with Gasteiger partial charge in [0.1, 0.15) is 5.39 Å². The van der Waals surface area contributed by atoms with Crippen molar-refractivity contribution in [1.82, 2.24) is 14.1 Å². The minimum absolute atomic E-state index is 0.316. The van der Waals surface area contributed by atoms with Gasteiger partial charge in [0.15, 0.2) is 5.65 Å². The molecule has 0 atom stereocenters. The molecule has 0 saturated carbocycles. The quantitative estimate of drug-likeness (QED) is 0.907. The molecule has 6 nitrogen and oxygen atoms in total. The Morgan fingerprint density at radius 1 is 1.25 bits per heavy atom. The highest BCUT2D eigenvalue weighted by molar-refractivity contribution is 5.87. The number of hydrogen-bond acceptors (Lipinski definition) is 4. The monoisotopic (exact) mass is 276 g/mol. The van der Waals surface area contributed by atoms with Crippen LogP contribution < -0.4 is 16.6 Å². The van der Waals surface area contributed by atoms with E-state index >= 15 is 0 Å². The lowest BCUT2D eigenvalue weighted by Crippen LogP contribution is -2.37. The lowest BCUT2D eigenvalue weighted by Gasteiger charge is -2.12. The number of aryl methyl sites for hydroxylation is 1. The number of pyridine rings is 1. The molecule has 0 amide bonds. The van der Waals surface area contributed by atoms with Gasteiger partial charge in [0.25, 0.3) is 5.56 Å². The molecule has 6 heteroatoms. The normalized spacial score (nSPS) is 11.2. The van der Waals surface area contributed by atoms with Crippen LogP contribution in [0.15, 0.2) is 21.9 Å². The number of rotatable bonds is 4. The van der Waals surface area contributed by atoms with Crippen molar-refractivity contribution in [2.24, 2.45) is 20.0 Å². The molecule has 0 aliphatic rings. The van der Waals surface area contributed by atoms with E-state index in [1.807, 2.05) is 0 Å². The highest BCUT2D eigenvalue weighted by Crippen LogP contribution is 2.16. The molecule has 20 heavy (non-hydrogen) atoms. The molecular formula is C14H20N4O2. The average molecular weight is 276 g/mol. The molecule has 0 saturated heterocycles. The van der Waals surface area contributed by atoms with Gasteiger partial charge in [-0.3, -0.25) is 13.9 Å². The molecule has 0 unspecified atom stereocenters. The van der Waals surface area contributed by atoms with Gasteiger partial charge >= 0.3 is 5.69 Å². The van der Waals surface area contributed by atoms with Crippen LogP contribution in [0.25, 0.3) is 11.0 Å². The summed E-state index contributed by atoms with van der Waals surface area (Å²) in [6.45, 7) is 5.08. The van der Waals surface area contributed by atoms with Gasteiger partial charge in [-0.15, -0.1) is 0 Å². The summed E-state index contributed by atoms with van der Waals surface area (Å²) in [4.78, 5) is 28.3. The number of anilines is 1. The van der Waals surface area contributed by atoms with E-state index in [0.717, 1.165) is 23.2 Å². The molecule has 0 aliphatic carbocycles. The zero-order chi connectivity index (χ0) is 14.9. The molecule has 0 radical (unpaired) electrons. The number of aromatic nitrogens is 3. The van der Waals surface area contributed by atoms with Crippen LogP contribution in [0.3, 0.4) is 0 Å². The highest BCUT2D eigenvalue weighted by Gasteiger charge is 2.12. The van der Waals surface area contributed by atoms with Gasteiger partial charge in [0, 0.05) is 26.8 Å². The van der Waals surface area contributed by atoms with E-state index in [9.17, 15) is 9.59 Å². The summed E-state index contributed by atoms with van der Waals surface area (Å²) in [5.41, 5.74) is 0.456. The van der Waals surface area contributed by atoms with Gasteiger partial charge in [0.2, 0.25) is 0 Å². The third-order valence-corrected chi connectivity index (χ3v) is 3.38. The molecule has 1 N–H and O–H groups in total. The minimum Gasteiger partial charge on any atom is -0.384 e. The Hall–Kier alpha value is -2.11. The molecule has 0 aromatic carbocycles. The molecule has 0 aliphatic heterocycles. The van der Waals surface area contributed by atoms with Gasteiger partial charge in [-0.2, -0.15) is 0 Å². The van der Waals surface area contributed by atoms with Crippen molar-refractivity contribution >= 4 is 16.7 Å². The van der Waals surface area contributed by atoms with E-state index in [-0.39, 0.29) is 11.2 Å². The van der Waals surface area contributed by atoms with Gasteiger partial charge in [-0.25, -0.2) is 9.78 Å². The highest BCUT2D eigenvalue weighted by atomic mass is 16.2. The molecule has 2 heterocycles. The predicted molar refractivity (Wildman–Crippen MR) is 80.2 cm³/mol. The van der Waals surface area contributed by atoms with Crippen LogP contribution in [-0.4, -0.2) is 20.7 Å². The van der Waals surface area contributed by atoms with Crippen molar-refractivity contribution in [3.8, 4) is 0 Å². The maximum atomic E-state index is 12.3. The Morgan fingerprint density at radius 2 is 1.95 bits per heavy atom. The largest absolute Gasteiger partial charge is 0.384 e. The third kappa shape index (κ3) is 2.45. The van der Waals surface area contributed by atoms with E-state index in [0.29, 0.717) is 17.0 Å². The lowest BCUT2D eigenvalue weighted by atomic mass is 10.1. The summed E-state index contributed by atoms with van der Waals surface area (Å²) in [6.07, 6.45) is 2.62. The van der Waals surface area contributed by atoms with Gasteiger partial charge < -0.3 is 5.32 Å². The predicted octanol–water partition coefficient (Wildman–Crippen LogP) is 1.09. The molecule has 0 spiro atoms. The molecule has 2 rings (SSSR count). The average Bonchev–Trinajstić information content (AvgIpc) is 2.42. The van der Waals surface area contributed by atoms with E-state index in [1.165, 1.54) is 11.6 Å². The summed E-state index contributed by atoms with van der Waals surface area (Å²) in [6, 6.07) is 1.77. The first-order valence-corrected chi connectivity index (χ1v) is 6.72. The van der Waals surface area contributed by atoms with Crippen LogP contribution in [0.5, 0.6) is 0 Å². The Kier molecular flexibility index (Phi) is 3.92. The van der Waals surface area contributed by atoms with Crippen molar-refractivity contribution in [3.63, 3.8) is 0 Å². The van der Waals surface area contributed by atoms with E-state index in [1.54, 1.807) is 19.3 Å². The van der Waals surface area contributed by atoms with Crippen LogP contribution in [0.1, 0.15) is 20.3 Å². The van der Waals surface area contributed by atoms with Gasteiger partial charge in [0.05, 0.1) is 5.69 Å². The first-order chi connectivity index (χ1) is 9.43. The van der Waals surface area contributed by atoms with Crippen LogP contribution >= 0.6 is 0 Å². The molecule has 108 valence electrons. The fourth-order valence-corrected chi connectivity index (χ4v) is 2.13. The minimum atomic E-state index is -0.366. The van der Waals surface area contributed by atoms with Gasteiger partial charge in [-0.1, -0.05) is 13.8 Å². The fraction of sp³-hybridized carbons (Fsp3) is 0.500. The zero-order valence-corrected chi connectivity index (χ0v) is 12.3. The van der Waals surface area contributed by atoms with E-state index in [4.69, 9.17) is 0 Å². The Balaban J connectivity index is 2.57. The maximum absolute atomic E-state index is 12.3. The SMILES string of the molecule is CC(C)CCNc1ccnc2c1c(=O)n(C)c(=O)n2C. The van der Waals surface area contributed by atoms with Crippen molar-refractivity contribution < 1.29 is 0 Å². The molecule has 2 aromatic heterocycles. The molecular weight excluding hydrogens is 256 g/mol. The Labute approximate surface area is 117 Å². The summed E-state index contributed by atoms with van der Waals surface area (Å²) in [5.74, 6) is 0.586. The van der Waals surface area contributed by atoms with Crippen LogP contribution in [0.2, 0.25) is 0 Å². The van der Waals surface area contributed by atoms with E-state index < -0.39 is 0 Å². The molecule has 0 fully saturated rings. The van der Waals surface area contributed by atoms with Crippen LogP contribution in [0, 0.1) is 5.92 Å². The van der Waals surface area contributed by atoms with Crippen molar-refractivity contribution in [2.45, 2.75) is 20.3 Å². The first-order valence-electron chi connectivity index (χ1n) is 6.72. The Morgan fingerprint density at radius 3 is 2.60 bits per heavy atom. The summed E-state index contributed by atoms with van der Waals surface area (Å²) >= 11 is 0. The molecule has 2 aromatic rings. The summed E-state index contributed by atoms with van der Waals surface area (Å²) < 4.78 is 2.50. The second-order valence-corrected chi connectivity index (χ2v) is 5.37. The second kappa shape index (κ2) is 5.48. The third-order valence-electron chi connectivity index (χ3n) is 3.38. The van der Waals surface area contributed by atoms with Crippen molar-refractivity contribution in [3.05, 3.63) is 33.1 Å². The second-order valence-electron chi connectivity index (χ2n) is 5.37. The standard InChI is InChI=1S/C14H20N4O2/c1-9(2)5-7-15-10-6-8-16-12-11(10)13(19)18(4)14(20)17(12)3/h6,8-9H,5,7H2,1-4H3,(H,15,16). The summed E-state index contributed by atoms with van der Waals surface area (Å²) in [5, 5.41) is 3.72. The van der Waals surface area contributed by atoms with Gasteiger partial charge in [-0.05, 0) is 18.4 Å². The van der Waals surface area contributed by atoms with Crippen LogP contribution in [-0.2, 0) is 14.1 Å². The summed E-state index contributed by atoms with van der Waals surface area (Å²) in [7, 11) is 3.10. The van der Waals surface area contributed by atoms with Crippen molar-refractivity contribution in [2.75, 3.05) is 11.9 Å². The number of fused-ring (bicyclic) bond motifs is 1. The van der Waals surface area contributed by atoms with Crippen LogP contribution in [0.4, 0.5) is 5.69 Å². The number of nitrogens with one attached hydrogen (secondary N) is 1. The van der Waals surface area contributed by atoms with E-state index in [2.05, 4.69) is 24.1 Å². The topological polar surface area (TPSA) is 68.9 Å². The zero-order valence-electron chi connectivity index (χ0n) is 12.3. The number of nitrogens with zero attached hydrogens (tertiary/aromatic N) is 3. The Bertz CT molecular complexity index is 743. The maximum Gasteiger partial charge on any atom is 0.332 e. The van der Waals surface area contributed by atoms with Crippen molar-refractivity contribution in [1.29, 1.82) is 0 Å². The molecule has 0 bridgehead atoms.